The summed E-state index contributed by atoms with van der Waals surface area (Å²) in [5.74, 6) is 0.137. The van der Waals surface area contributed by atoms with Crippen molar-refractivity contribution in [2.24, 2.45) is 0 Å². The number of halogens is 3. The van der Waals surface area contributed by atoms with E-state index in [-0.39, 0.29) is 23.2 Å². The fraction of sp³-hybridized carbons (Fsp3) is 0.400. The van der Waals surface area contributed by atoms with Crippen LogP contribution < -0.4 is 5.32 Å². The molecule has 0 radical (unpaired) electrons. The SMILES string of the molecule is Cl.Fc1cc(C2CCNC2)ccc1Cl. The van der Waals surface area contributed by atoms with Crippen LogP contribution in [0.2, 0.25) is 5.02 Å². The average molecular weight is 236 g/mol. The Morgan fingerprint density at radius 3 is 2.79 bits per heavy atom. The topological polar surface area (TPSA) is 12.0 Å². The molecule has 1 aromatic rings. The summed E-state index contributed by atoms with van der Waals surface area (Å²) in [4.78, 5) is 0. The summed E-state index contributed by atoms with van der Waals surface area (Å²) >= 11 is 5.60. The predicted octanol–water partition coefficient (Wildman–Crippen LogP) is 2.98. The summed E-state index contributed by atoms with van der Waals surface area (Å²) in [6.45, 7) is 1.97. The van der Waals surface area contributed by atoms with Crippen molar-refractivity contribution in [2.75, 3.05) is 13.1 Å². The van der Waals surface area contributed by atoms with Crippen LogP contribution in [0.5, 0.6) is 0 Å². The lowest BCUT2D eigenvalue weighted by Crippen LogP contribution is -2.08. The molecule has 0 aromatic heterocycles. The maximum absolute atomic E-state index is 13.1. The lowest BCUT2D eigenvalue weighted by molar-refractivity contribution is 0.621. The number of nitrogens with one attached hydrogen (secondary N) is 1. The van der Waals surface area contributed by atoms with E-state index < -0.39 is 0 Å². The third-order valence-corrected chi connectivity index (χ3v) is 2.78. The summed E-state index contributed by atoms with van der Waals surface area (Å²) in [6, 6.07) is 5.08. The van der Waals surface area contributed by atoms with Gasteiger partial charge in [-0.1, -0.05) is 17.7 Å². The van der Waals surface area contributed by atoms with E-state index in [4.69, 9.17) is 11.6 Å². The van der Waals surface area contributed by atoms with Crippen LogP contribution in [0.3, 0.4) is 0 Å². The third kappa shape index (κ3) is 2.38. The van der Waals surface area contributed by atoms with E-state index in [9.17, 15) is 4.39 Å². The first kappa shape index (κ1) is 11.8. The molecule has 1 aliphatic rings. The maximum atomic E-state index is 13.1. The van der Waals surface area contributed by atoms with Crippen LogP contribution in [0.1, 0.15) is 17.9 Å². The highest BCUT2D eigenvalue weighted by Gasteiger charge is 2.17. The Morgan fingerprint density at radius 2 is 2.21 bits per heavy atom. The van der Waals surface area contributed by atoms with Crippen LogP contribution in [0.15, 0.2) is 18.2 Å². The lowest BCUT2D eigenvalue weighted by Gasteiger charge is -2.08. The van der Waals surface area contributed by atoms with Crippen molar-refractivity contribution in [1.29, 1.82) is 0 Å². The van der Waals surface area contributed by atoms with Gasteiger partial charge in [0.05, 0.1) is 5.02 Å². The Hall–Kier alpha value is -0.310. The molecule has 78 valence electrons. The highest BCUT2D eigenvalue weighted by Crippen LogP contribution is 2.25. The van der Waals surface area contributed by atoms with Crippen molar-refractivity contribution in [3.63, 3.8) is 0 Å². The molecule has 1 unspecified atom stereocenters. The van der Waals surface area contributed by atoms with E-state index in [2.05, 4.69) is 5.32 Å². The Labute approximate surface area is 94.1 Å². The third-order valence-electron chi connectivity index (χ3n) is 2.48. The van der Waals surface area contributed by atoms with Crippen LogP contribution in [0.4, 0.5) is 4.39 Å². The zero-order valence-corrected chi connectivity index (χ0v) is 9.17. The molecule has 1 heterocycles. The molecule has 1 nitrogen and oxygen atoms in total. The first-order valence-electron chi connectivity index (χ1n) is 4.43. The quantitative estimate of drug-likeness (QED) is 0.790. The van der Waals surface area contributed by atoms with Gasteiger partial charge in [-0.2, -0.15) is 0 Å². The minimum atomic E-state index is -0.314. The largest absolute Gasteiger partial charge is 0.316 e. The van der Waals surface area contributed by atoms with Crippen LogP contribution >= 0.6 is 24.0 Å². The minimum Gasteiger partial charge on any atom is -0.316 e. The Kier molecular flexibility index (Phi) is 4.17. The van der Waals surface area contributed by atoms with Crippen LogP contribution in [-0.4, -0.2) is 13.1 Å². The molecular formula is C10H12Cl2FN. The molecule has 1 aromatic carbocycles. The number of benzene rings is 1. The molecule has 4 heteroatoms. The van der Waals surface area contributed by atoms with Gasteiger partial charge in [-0.15, -0.1) is 12.4 Å². The smallest absolute Gasteiger partial charge is 0.142 e. The van der Waals surface area contributed by atoms with Gasteiger partial charge >= 0.3 is 0 Å². The maximum Gasteiger partial charge on any atom is 0.142 e. The standard InChI is InChI=1S/C10H11ClFN.ClH/c11-9-2-1-7(5-10(9)12)8-3-4-13-6-8;/h1-2,5,8,13H,3-4,6H2;1H. The molecule has 14 heavy (non-hydrogen) atoms. The van der Waals surface area contributed by atoms with Crippen molar-refractivity contribution in [3.05, 3.63) is 34.6 Å². The highest BCUT2D eigenvalue weighted by atomic mass is 35.5. The van der Waals surface area contributed by atoms with Gasteiger partial charge in [-0.3, -0.25) is 0 Å². The number of rotatable bonds is 1. The summed E-state index contributed by atoms with van der Waals surface area (Å²) in [5.41, 5.74) is 1.05. The van der Waals surface area contributed by atoms with E-state index >= 15 is 0 Å². The zero-order valence-electron chi connectivity index (χ0n) is 7.59. The minimum absolute atomic E-state index is 0. The monoisotopic (exact) mass is 235 g/mol. The Bertz CT molecular complexity index is 311. The molecule has 1 fully saturated rings. The summed E-state index contributed by atoms with van der Waals surface area (Å²) in [5, 5.41) is 3.45. The summed E-state index contributed by atoms with van der Waals surface area (Å²) in [7, 11) is 0. The fourth-order valence-corrected chi connectivity index (χ4v) is 1.82. The predicted molar refractivity (Wildman–Crippen MR) is 58.9 cm³/mol. The zero-order chi connectivity index (χ0) is 9.26. The van der Waals surface area contributed by atoms with Crippen LogP contribution in [0.25, 0.3) is 0 Å². The second kappa shape index (κ2) is 4.96. The molecule has 0 amide bonds. The van der Waals surface area contributed by atoms with Gasteiger partial charge in [0.2, 0.25) is 0 Å². The first-order chi connectivity index (χ1) is 6.27. The molecule has 0 bridgehead atoms. The van der Waals surface area contributed by atoms with E-state index in [1.54, 1.807) is 12.1 Å². The summed E-state index contributed by atoms with van der Waals surface area (Å²) in [6.07, 6.45) is 1.08. The normalized spacial score (nSPS) is 20.6. The van der Waals surface area contributed by atoms with Gasteiger partial charge in [-0.05, 0) is 36.6 Å². The molecule has 1 N–H and O–H groups in total. The molecule has 0 aliphatic carbocycles. The fourth-order valence-electron chi connectivity index (χ4n) is 1.71. The molecule has 2 rings (SSSR count). The van der Waals surface area contributed by atoms with Crippen molar-refractivity contribution < 1.29 is 4.39 Å². The van der Waals surface area contributed by atoms with Crippen LogP contribution in [0, 0.1) is 5.82 Å². The van der Waals surface area contributed by atoms with E-state index in [0.29, 0.717) is 5.92 Å². The van der Waals surface area contributed by atoms with Crippen molar-refractivity contribution >= 4 is 24.0 Å². The molecule has 0 spiro atoms. The van der Waals surface area contributed by atoms with Gasteiger partial charge in [0.25, 0.3) is 0 Å². The van der Waals surface area contributed by atoms with Gasteiger partial charge < -0.3 is 5.32 Å². The van der Waals surface area contributed by atoms with Gasteiger partial charge in [-0.25, -0.2) is 4.39 Å². The van der Waals surface area contributed by atoms with E-state index in [0.717, 1.165) is 25.1 Å². The van der Waals surface area contributed by atoms with Crippen molar-refractivity contribution in [3.8, 4) is 0 Å². The molecule has 1 atom stereocenters. The lowest BCUT2D eigenvalue weighted by atomic mass is 9.98. The number of hydrogen-bond donors (Lipinski definition) is 1. The Morgan fingerprint density at radius 1 is 1.43 bits per heavy atom. The van der Waals surface area contributed by atoms with Crippen molar-refractivity contribution in [2.45, 2.75) is 12.3 Å². The second-order valence-electron chi connectivity index (χ2n) is 3.36. The summed E-state index contributed by atoms with van der Waals surface area (Å²) < 4.78 is 13.1. The molecule has 1 aliphatic heterocycles. The molecule has 1 saturated heterocycles. The average Bonchev–Trinajstić information content (AvgIpc) is 2.62. The highest BCUT2D eigenvalue weighted by molar-refractivity contribution is 6.30. The Balaban J connectivity index is 0.000000980. The molecular weight excluding hydrogens is 224 g/mol. The molecule has 0 saturated carbocycles. The van der Waals surface area contributed by atoms with Gasteiger partial charge in [0.15, 0.2) is 0 Å². The van der Waals surface area contributed by atoms with Crippen LogP contribution in [-0.2, 0) is 0 Å². The van der Waals surface area contributed by atoms with E-state index in [1.165, 1.54) is 0 Å². The first-order valence-corrected chi connectivity index (χ1v) is 4.81. The van der Waals surface area contributed by atoms with Gasteiger partial charge in [0.1, 0.15) is 5.82 Å². The van der Waals surface area contributed by atoms with E-state index in [1.807, 2.05) is 6.07 Å². The van der Waals surface area contributed by atoms with Gasteiger partial charge in [0, 0.05) is 6.54 Å². The number of hydrogen-bond acceptors (Lipinski definition) is 1. The second-order valence-corrected chi connectivity index (χ2v) is 3.77. The van der Waals surface area contributed by atoms with Crippen molar-refractivity contribution in [1.82, 2.24) is 5.32 Å².